The van der Waals surface area contributed by atoms with Gasteiger partial charge in [0.1, 0.15) is 0 Å². The second-order valence-corrected chi connectivity index (χ2v) is 5.40. The number of allylic oxidation sites excluding steroid dienone is 2. The Morgan fingerprint density at radius 3 is 2.24 bits per heavy atom. The summed E-state index contributed by atoms with van der Waals surface area (Å²) >= 11 is 0. The molecule has 1 aliphatic rings. The minimum Gasteiger partial charge on any atom is -0.324 e. The maximum atomic E-state index is 6.37. The van der Waals surface area contributed by atoms with Gasteiger partial charge in [-0.05, 0) is 28.7 Å². The van der Waals surface area contributed by atoms with E-state index in [1.54, 1.807) is 0 Å². The topological polar surface area (TPSA) is 52.0 Å². The summed E-state index contributed by atoms with van der Waals surface area (Å²) in [5, 5.41) is 0. The summed E-state index contributed by atoms with van der Waals surface area (Å²) in [5.41, 5.74) is 17.1. The fourth-order valence-electron chi connectivity index (χ4n) is 2.70. The molecule has 106 valence electrons. The van der Waals surface area contributed by atoms with Crippen LogP contribution in [-0.4, -0.2) is 6.04 Å². The minimum absolute atomic E-state index is 0.0267. The SMILES string of the molecule is NC1CC=CC=C1C(N)c1ccc(-c2ccccc2)cc1. The molecule has 0 heterocycles. The number of hydrogen-bond acceptors (Lipinski definition) is 2. The highest BCUT2D eigenvalue weighted by atomic mass is 14.7. The fourth-order valence-corrected chi connectivity index (χ4v) is 2.70. The van der Waals surface area contributed by atoms with Crippen LogP contribution in [0.5, 0.6) is 0 Å². The van der Waals surface area contributed by atoms with Crippen LogP contribution in [0, 0.1) is 0 Å². The van der Waals surface area contributed by atoms with E-state index in [0.717, 1.165) is 17.6 Å². The zero-order valence-corrected chi connectivity index (χ0v) is 11.9. The van der Waals surface area contributed by atoms with Gasteiger partial charge in [-0.25, -0.2) is 0 Å². The lowest BCUT2D eigenvalue weighted by molar-refractivity contribution is 0.680. The molecule has 0 bridgehead atoms. The van der Waals surface area contributed by atoms with Gasteiger partial charge in [-0.15, -0.1) is 0 Å². The van der Waals surface area contributed by atoms with Crippen LogP contribution < -0.4 is 11.5 Å². The molecule has 2 unspecified atom stereocenters. The molecule has 2 aromatic rings. The van der Waals surface area contributed by atoms with E-state index in [1.165, 1.54) is 11.1 Å². The largest absolute Gasteiger partial charge is 0.324 e. The molecule has 0 fully saturated rings. The highest BCUT2D eigenvalue weighted by molar-refractivity contribution is 5.63. The van der Waals surface area contributed by atoms with E-state index < -0.39 is 0 Å². The Hall–Kier alpha value is -2.16. The van der Waals surface area contributed by atoms with Gasteiger partial charge in [0.2, 0.25) is 0 Å². The molecule has 21 heavy (non-hydrogen) atoms. The lowest BCUT2D eigenvalue weighted by Gasteiger charge is -2.23. The maximum absolute atomic E-state index is 6.37. The molecule has 0 spiro atoms. The van der Waals surface area contributed by atoms with Gasteiger partial charge in [-0.1, -0.05) is 72.8 Å². The van der Waals surface area contributed by atoms with Gasteiger partial charge < -0.3 is 11.5 Å². The van der Waals surface area contributed by atoms with Gasteiger partial charge in [-0.3, -0.25) is 0 Å². The predicted octanol–water partition coefficient (Wildman–Crippen LogP) is 3.57. The Kier molecular flexibility index (Phi) is 4.00. The lowest BCUT2D eigenvalue weighted by Crippen LogP contribution is -2.30. The Morgan fingerprint density at radius 1 is 0.905 bits per heavy atom. The van der Waals surface area contributed by atoms with Crippen LogP contribution in [0.25, 0.3) is 11.1 Å². The zero-order chi connectivity index (χ0) is 14.7. The second-order valence-electron chi connectivity index (χ2n) is 5.40. The van der Waals surface area contributed by atoms with E-state index in [4.69, 9.17) is 11.5 Å². The van der Waals surface area contributed by atoms with E-state index in [-0.39, 0.29) is 12.1 Å². The van der Waals surface area contributed by atoms with Crippen LogP contribution in [0.1, 0.15) is 18.0 Å². The number of hydrogen-bond donors (Lipinski definition) is 2. The van der Waals surface area contributed by atoms with Gasteiger partial charge in [0, 0.05) is 6.04 Å². The summed E-state index contributed by atoms with van der Waals surface area (Å²) in [6.07, 6.45) is 7.03. The summed E-state index contributed by atoms with van der Waals surface area (Å²) < 4.78 is 0. The van der Waals surface area contributed by atoms with E-state index in [9.17, 15) is 0 Å². The third-order valence-electron chi connectivity index (χ3n) is 3.98. The van der Waals surface area contributed by atoms with Gasteiger partial charge >= 0.3 is 0 Å². The number of nitrogens with two attached hydrogens (primary N) is 2. The molecule has 0 saturated carbocycles. The van der Waals surface area contributed by atoms with Crippen LogP contribution in [0.15, 0.2) is 78.4 Å². The predicted molar refractivity (Wildman–Crippen MR) is 88.6 cm³/mol. The molecule has 0 amide bonds. The van der Waals surface area contributed by atoms with Crippen molar-refractivity contribution < 1.29 is 0 Å². The normalized spacial score (nSPS) is 19.1. The smallest absolute Gasteiger partial charge is 0.0529 e. The molecular formula is C19H20N2. The Balaban J connectivity index is 1.84. The summed E-state index contributed by atoms with van der Waals surface area (Å²) in [6.45, 7) is 0. The minimum atomic E-state index is -0.130. The molecular weight excluding hydrogens is 256 g/mol. The van der Waals surface area contributed by atoms with Gasteiger partial charge in [-0.2, -0.15) is 0 Å². The van der Waals surface area contributed by atoms with Crippen LogP contribution in [-0.2, 0) is 0 Å². The van der Waals surface area contributed by atoms with Crippen LogP contribution in [0.4, 0.5) is 0 Å². The molecule has 4 N–H and O–H groups in total. The van der Waals surface area contributed by atoms with Crippen molar-refractivity contribution in [3.05, 3.63) is 84.0 Å². The average Bonchev–Trinajstić information content (AvgIpc) is 2.56. The number of rotatable bonds is 3. The summed E-state index contributed by atoms with van der Waals surface area (Å²) in [4.78, 5) is 0. The van der Waals surface area contributed by atoms with Gasteiger partial charge in [0.15, 0.2) is 0 Å². The van der Waals surface area contributed by atoms with Crippen molar-refractivity contribution in [2.45, 2.75) is 18.5 Å². The fraction of sp³-hybridized carbons (Fsp3) is 0.158. The average molecular weight is 276 g/mol. The van der Waals surface area contributed by atoms with E-state index >= 15 is 0 Å². The van der Waals surface area contributed by atoms with Crippen molar-refractivity contribution >= 4 is 0 Å². The monoisotopic (exact) mass is 276 g/mol. The summed E-state index contributed by atoms with van der Waals surface area (Å²) in [7, 11) is 0. The van der Waals surface area contributed by atoms with Gasteiger partial charge in [0.05, 0.1) is 6.04 Å². The second kappa shape index (κ2) is 6.08. The van der Waals surface area contributed by atoms with E-state index in [1.807, 2.05) is 30.4 Å². The van der Waals surface area contributed by atoms with E-state index in [0.29, 0.717) is 0 Å². The van der Waals surface area contributed by atoms with Crippen molar-refractivity contribution in [2.24, 2.45) is 11.5 Å². The molecule has 2 aromatic carbocycles. The first-order valence-electron chi connectivity index (χ1n) is 7.29. The molecule has 3 rings (SSSR count). The van der Waals surface area contributed by atoms with Crippen molar-refractivity contribution in [1.29, 1.82) is 0 Å². The first-order valence-corrected chi connectivity index (χ1v) is 7.29. The highest BCUT2D eigenvalue weighted by Crippen LogP contribution is 2.27. The highest BCUT2D eigenvalue weighted by Gasteiger charge is 2.18. The Morgan fingerprint density at radius 2 is 1.57 bits per heavy atom. The quantitative estimate of drug-likeness (QED) is 0.900. The molecule has 0 radical (unpaired) electrons. The standard InChI is InChI=1S/C19H20N2/c20-18-9-5-4-8-17(18)19(21)16-12-10-15(11-13-16)14-6-2-1-3-7-14/h1-8,10-13,18-19H,9,20-21H2. The van der Waals surface area contributed by atoms with Crippen molar-refractivity contribution in [3.8, 4) is 11.1 Å². The summed E-state index contributed by atoms with van der Waals surface area (Å²) in [5.74, 6) is 0. The molecule has 2 heteroatoms. The lowest BCUT2D eigenvalue weighted by atomic mass is 9.89. The number of benzene rings is 2. The van der Waals surface area contributed by atoms with Crippen molar-refractivity contribution in [1.82, 2.24) is 0 Å². The summed E-state index contributed by atoms with van der Waals surface area (Å²) in [6, 6.07) is 18.7. The zero-order valence-electron chi connectivity index (χ0n) is 11.9. The van der Waals surface area contributed by atoms with Gasteiger partial charge in [0.25, 0.3) is 0 Å². The Labute approximate surface area is 125 Å². The molecule has 1 aliphatic carbocycles. The maximum Gasteiger partial charge on any atom is 0.0529 e. The third kappa shape index (κ3) is 2.97. The molecule has 2 atom stereocenters. The molecule has 0 aromatic heterocycles. The first kappa shape index (κ1) is 13.8. The molecule has 0 aliphatic heterocycles. The molecule has 2 nitrogen and oxygen atoms in total. The van der Waals surface area contributed by atoms with Crippen LogP contribution in [0.2, 0.25) is 0 Å². The Bertz CT molecular complexity index is 654. The first-order chi connectivity index (χ1) is 10.3. The van der Waals surface area contributed by atoms with Crippen LogP contribution in [0.3, 0.4) is 0 Å². The van der Waals surface area contributed by atoms with E-state index in [2.05, 4.69) is 42.5 Å². The van der Waals surface area contributed by atoms with Crippen molar-refractivity contribution in [3.63, 3.8) is 0 Å². The molecule has 0 saturated heterocycles. The van der Waals surface area contributed by atoms with Crippen LogP contribution >= 0.6 is 0 Å². The van der Waals surface area contributed by atoms with Crippen molar-refractivity contribution in [2.75, 3.05) is 0 Å². The third-order valence-corrected chi connectivity index (χ3v) is 3.98.